The first-order valence-corrected chi connectivity index (χ1v) is 10.2. The summed E-state index contributed by atoms with van der Waals surface area (Å²) in [6.45, 7) is 0.855. The van der Waals surface area contributed by atoms with Crippen molar-refractivity contribution < 1.29 is 26.7 Å². The zero-order valence-corrected chi connectivity index (χ0v) is 16.1. The van der Waals surface area contributed by atoms with E-state index in [0.29, 0.717) is 19.2 Å². The second kappa shape index (κ2) is 8.24. The van der Waals surface area contributed by atoms with Crippen molar-refractivity contribution in [1.29, 1.82) is 0 Å². The van der Waals surface area contributed by atoms with E-state index in [1.54, 1.807) is 0 Å². The predicted octanol–water partition coefficient (Wildman–Crippen LogP) is 3.40. The summed E-state index contributed by atoms with van der Waals surface area (Å²) in [4.78, 5) is 12.6. The lowest BCUT2D eigenvalue weighted by molar-refractivity contribution is 0.102. The summed E-state index contributed by atoms with van der Waals surface area (Å²) in [6, 6.07) is 6.70. The van der Waals surface area contributed by atoms with Crippen LogP contribution >= 0.6 is 0 Å². The van der Waals surface area contributed by atoms with Gasteiger partial charge in [-0.1, -0.05) is 6.42 Å². The van der Waals surface area contributed by atoms with Gasteiger partial charge in [-0.3, -0.25) is 4.79 Å². The summed E-state index contributed by atoms with van der Waals surface area (Å²) >= 11 is 0. The Morgan fingerprint density at radius 1 is 1.07 bits per heavy atom. The van der Waals surface area contributed by atoms with Gasteiger partial charge < -0.3 is 10.1 Å². The first-order chi connectivity index (χ1) is 13.3. The fraction of sp³-hybridized carbons (Fsp3) is 0.316. The molecule has 1 heterocycles. The van der Waals surface area contributed by atoms with Crippen molar-refractivity contribution in [1.82, 2.24) is 4.31 Å². The number of hydrogen-bond donors (Lipinski definition) is 1. The maximum atomic E-state index is 13.8. The topological polar surface area (TPSA) is 75.7 Å². The molecule has 2 aromatic carbocycles. The molecule has 3 rings (SSSR count). The van der Waals surface area contributed by atoms with Gasteiger partial charge in [-0.05, 0) is 43.2 Å². The molecule has 0 aliphatic carbocycles. The van der Waals surface area contributed by atoms with Gasteiger partial charge in [0.1, 0.15) is 17.4 Å². The number of amides is 1. The normalized spacial score (nSPS) is 15.2. The van der Waals surface area contributed by atoms with E-state index in [1.165, 1.54) is 29.6 Å². The lowest BCUT2D eigenvalue weighted by Gasteiger charge is -2.26. The van der Waals surface area contributed by atoms with Gasteiger partial charge in [0, 0.05) is 19.2 Å². The number of carbonyl (C=O) groups excluding carboxylic acids is 1. The van der Waals surface area contributed by atoms with Crippen LogP contribution in [0.4, 0.5) is 14.5 Å². The highest BCUT2D eigenvalue weighted by molar-refractivity contribution is 7.89. The molecule has 1 fully saturated rings. The Hall–Kier alpha value is -2.52. The number of halogens is 2. The van der Waals surface area contributed by atoms with Crippen LogP contribution in [-0.2, 0) is 10.0 Å². The molecular formula is C19H20F2N2O4S. The molecule has 150 valence electrons. The summed E-state index contributed by atoms with van der Waals surface area (Å²) in [5, 5.41) is 2.32. The van der Waals surface area contributed by atoms with Crippen molar-refractivity contribution in [2.24, 2.45) is 0 Å². The zero-order valence-electron chi connectivity index (χ0n) is 15.2. The van der Waals surface area contributed by atoms with Gasteiger partial charge in [-0.25, -0.2) is 17.2 Å². The fourth-order valence-corrected chi connectivity index (χ4v) is 4.60. The van der Waals surface area contributed by atoms with Crippen molar-refractivity contribution in [3.05, 3.63) is 53.6 Å². The van der Waals surface area contributed by atoms with Gasteiger partial charge >= 0.3 is 0 Å². The van der Waals surface area contributed by atoms with Gasteiger partial charge in [0.15, 0.2) is 0 Å². The van der Waals surface area contributed by atoms with E-state index in [1.807, 2.05) is 0 Å². The van der Waals surface area contributed by atoms with Crippen molar-refractivity contribution in [3.63, 3.8) is 0 Å². The number of carbonyl (C=O) groups is 1. The van der Waals surface area contributed by atoms with Crippen molar-refractivity contribution in [3.8, 4) is 5.75 Å². The number of anilines is 1. The average molecular weight is 410 g/mol. The lowest BCUT2D eigenvalue weighted by atomic mass is 10.1. The molecule has 0 radical (unpaired) electrons. The van der Waals surface area contributed by atoms with Gasteiger partial charge in [0.25, 0.3) is 5.91 Å². The predicted molar refractivity (Wildman–Crippen MR) is 99.9 cm³/mol. The van der Waals surface area contributed by atoms with Crippen LogP contribution < -0.4 is 10.1 Å². The average Bonchev–Trinajstić information content (AvgIpc) is 2.70. The third-order valence-electron chi connectivity index (χ3n) is 4.55. The number of ether oxygens (including phenoxy) is 1. The Morgan fingerprint density at radius 3 is 2.43 bits per heavy atom. The van der Waals surface area contributed by atoms with Gasteiger partial charge in [-0.15, -0.1) is 0 Å². The lowest BCUT2D eigenvalue weighted by Crippen LogP contribution is -2.35. The van der Waals surface area contributed by atoms with Gasteiger partial charge in [-0.2, -0.15) is 4.31 Å². The molecule has 1 aliphatic rings. The molecule has 1 saturated heterocycles. The maximum Gasteiger partial charge on any atom is 0.259 e. The number of methoxy groups -OCH3 is 1. The summed E-state index contributed by atoms with van der Waals surface area (Å²) in [5.41, 5.74) is -0.290. The molecule has 0 unspecified atom stereocenters. The van der Waals surface area contributed by atoms with E-state index in [9.17, 15) is 22.0 Å². The highest BCUT2D eigenvalue weighted by Crippen LogP contribution is 2.27. The van der Waals surface area contributed by atoms with Crippen LogP contribution in [0.15, 0.2) is 41.3 Å². The van der Waals surface area contributed by atoms with E-state index in [0.717, 1.165) is 31.4 Å². The molecule has 9 heteroatoms. The SMILES string of the molecule is COc1ccc(S(=O)(=O)N2CCCCC2)cc1C(=O)Nc1ccc(F)cc1F. The van der Waals surface area contributed by atoms with Crippen LogP contribution in [0.25, 0.3) is 0 Å². The number of sulfonamides is 1. The molecule has 2 aromatic rings. The van der Waals surface area contributed by atoms with Crippen LogP contribution in [0.1, 0.15) is 29.6 Å². The van der Waals surface area contributed by atoms with Crippen LogP contribution in [0, 0.1) is 11.6 Å². The highest BCUT2D eigenvalue weighted by atomic mass is 32.2. The highest BCUT2D eigenvalue weighted by Gasteiger charge is 2.27. The first kappa shape index (κ1) is 20.2. The molecule has 1 aliphatic heterocycles. The summed E-state index contributed by atoms with van der Waals surface area (Å²) < 4.78 is 59.1. The number of rotatable bonds is 5. The standard InChI is InChI=1S/C19H20F2N2O4S/c1-27-18-8-6-14(28(25,26)23-9-3-2-4-10-23)12-15(18)19(24)22-17-7-5-13(20)11-16(17)21/h5-8,11-12H,2-4,9-10H2,1H3,(H,22,24). The van der Waals surface area contributed by atoms with Crippen LogP contribution in [-0.4, -0.2) is 38.8 Å². The van der Waals surface area contributed by atoms with Crippen molar-refractivity contribution in [2.75, 3.05) is 25.5 Å². The second-order valence-corrected chi connectivity index (χ2v) is 8.34. The Balaban J connectivity index is 1.93. The number of hydrogen-bond acceptors (Lipinski definition) is 4. The minimum atomic E-state index is -3.76. The fourth-order valence-electron chi connectivity index (χ4n) is 3.06. The smallest absolute Gasteiger partial charge is 0.259 e. The summed E-state index contributed by atoms with van der Waals surface area (Å²) in [7, 11) is -2.42. The Kier molecular flexibility index (Phi) is 5.95. The monoisotopic (exact) mass is 410 g/mol. The third kappa shape index (κ3) is 4.15. The number of piperidine rings is 1. The van der Waals surface area contributed by atoms with E-state index in [4.69, 9.17) is 4.74 Å². The van der Waals surface area contributed by atoms with Gasteiger partial charge in [0.05, 0.1) is 23.3 Å². The van der Waals surface area contributed by atoms with Crippen LogP contribution in [0.3, 0.4) is 0 Å². The molecule has 0 spiro atoms. The number of nitrogens with one attached hydrogen (secondary N) is 1. The molecule has 1 N–H and O–H groups in total. The van der Waals surface area contributed by atoms with Crippen molar-refractivity contribution >= 4 is 21.6 Å². The second-order valence-electron chi connectivity index (χ2n) is 6.41. The maximum absolute atomic E-state index is 13.8. The van der Waals surface area contributed by atoms with E-state index >= 15 is 0 Å². The molecular weight excluding hydrogens is 390 g/mol. The summed E-state index contributed by atoms with van der Waals surface area (Å²) in [6.07, 6.45) is 2.55. The molecule has 1 amide bonds. The third-order valence-corrected chi connectivity index (χ3v) is 6.44. The largest absolute Gasteiger partial charge is 0.496 e. The Labute approximate surface area is 162 Å². The van der Waals surface area contributed by atoms with E-state index < -0.39 is 27.6 Å². The minimum absolute atomic E-state index is 0.0417. The van der Waals surface area contributed by atoms with E-state index in [2.05, 4.69) is 5.32 Å². The Morgan fingerprint density at radius 2 is 1.79 bits per heavy atom. The molecule has 6 nitrogen and oxygen atoms in total. The Bertz CT molecular complexity index is 989. The van der Waals surface area contributed by atoms with Crippen molar-refractivity contribution in [2.45, 2.75) is 24.2 Å². The minimum Gasteiger partial charge on any atom is -0.496 e. The first-order valence-electron chi connectivity index (χ1n) is 8.77. The molecule has 0 atom stereocenters. The van der Waals surface area contributed by atoms with Crippen LogP contribution in [0.2, 0.25) is 0 Å². The zero-order chi connectivity index (χ0) is 20.3. The van der Waals surface area contributed by atoms with Gasteiger partial charge in [0.2, 0.25) is 10.0 Å². The quantitative estimate of drug-likeness (QED) is 0.820. The molecule has 0 bridgehead atoms. The van der Waals surface area contributed by atoms with Crippen LogP contribution in [0.5, 0.6) is 5.75 Å². The van der Waals surface area contributed by atoms with E-state index in [-0.39, 0.29) is 21.9 Å². The molecule has 28 heavy (non-hydrogen) atoms. The number of nitrogens with zero attached hydrogens (tertiary/aromatic N) is 1. The molecule has 0 aromatic heterocycles. The summed E-state index contributed by atoms with van der Waals surface area (Å²) in [5.74, 6) is -2.34. The molecule has 0 saturated carbocycles. The number of benzene rings is 2.